The first-order valence-corrected chi connectivity index (χ1v) is 9.18. The number of aromatic nitrogens is 2. The van der Waals surface area contributed by atoms with Crippen molar-refractivity contribution >= 4 is 5.91 Å². The standard InChI is InChI=1S/C22H25N3O2/c1-17-10-12-19(13-11-17)25-16-20(22(26)23-14-6-7-15-27-2)21(24-25)18-8-4-3-5-9-18/h3-5,8-13,16H,6-7,14-15H2,1-2H3,(H,23,26). The van der Waals surface area contributed by atoms with E-state index in [0.29, 0.717) is 24.4 Å². The summed E-state index contributed by atoms with van der Waals surface area (Å²) in [6, 6.07) is 17.9. The minimum atomic E-state index is -0.107. The van der Waals surface area contributed by atoms with E-state index in [-0.39, 0.29) is 5.91 Å². The topological polar surface area (TPSA) is 56.1 Å². The first kappa shape index (κ1) is 18.9. The molecule has 0 saturated carbocycles. The molecule has 0 unspecified atom stereocenters. The van der Waals surface area contributed by atoms with Gasteiger partial charge in [0.2, 0.25) is 0 Å². The number of ether oxygens (including phenoxy) is 1. The van der Waals surface area contributed by atoms with Crippen LogP contribution in [-0.4, -0.2) is 35.9 Å². The number of nitrogens with one attached hydrogen (secondary N) is 1. The van der Waals surface area contributed by atoms with Crippen LogP contribution in [-0.2, 0) is 4.74 Å². The number of carbonyl (C=O) groups is 1. The number of hydrogen-bond donors (Lipinski definition) is 1. The zero-order valence-corrected chi connectivity index (χ0v) is 15.8. The molecule has 0 aliphatic heterocycles. The van der Waals surface area contributed by atoms with E-state index in [9.17, 15) is 4.79 Å². The van der Waals surface area contributed by atoms with Gasteiger partial charge in [-0.3, -0.25) is 4.79 Å². The van der Waals surface area contributed by atoms with Crippen LogP contribution in [0, 0.1) is 6.92 Å². The van der Waals surface area contributed by atoms with Crippen molar-refractivity contribution in [3.63, 3.8) is 0 Å². The summed E-state index contributed by atoms with van der Waals surface area (Å²) in [5, 5.41) is 7.69. The Hall–Kier alpha value is -2.92. The summed E-state index contributed by atoms with van der Waals surface area (Å²) in [7, 11) is 1.68. The molecule has 0 aliphatic rings. The lowest BCUT2D eigenvalue weighted by atomic mass is 10.1. The third-order valence-corrected chi connectivity index (χ3v) is 4.37. The first-order valence-electron chi connectivity index (χ1n) is 9.18. The molecule has 3 aromatic rings. The van der Waals surface area contributed by atoms with E-state index in [2.05, 4.69) is 5.32 Å². The van der Waals surface area contributed by atoms with Crippen LogP contribution in [0.2, 0.25) is 0 Å². The molecule has 1 amide bonds. The quantitative estimate of drug-likeness (QED) is 0.615. The van der Waals surface area contributed by atoms with E-state index in [1.807, 2.05) is 61.5 Å². The lowest BCUT2D eigenvalue weighted by Crippen LogP contribution is -2.24. The highest BCUT2D eigenvalue weighted by Gasteiger charge is 2.18. The maximum absolute atomic E-state index is 12.8. The second-order valence-electron chi connectivity index (χ2n) is 6.49. The summed E-state index contributed by atoms with van der Waals surface area (Å²) in [4.78, 5) is 12.8. The van der Waals surface area contributed by atoms with Crippen molar-refractivity contribution in [2.75, 3.05) is 20.3 Å². The Morgan fingerprint density at radius 3 is 2.52 bits per heavy atom. The average Bonchev–Trinajstić information content (AvgIpc) is 3.14. The van der Waals surface area contributed by atoms with E-state index in [1.165, 1.54) is 5.56 Å². The van der Waals surface area contributed by atoms with E-state index in [4.69, 9.17) is 9.84 Å². The van der Waals surface area contributed by atoms with Gasteiger partial charge in [-0.25, -0.2) is 4.68 Å². The molecule has 0 saturated heterocycles. The zero-order chi connectivity index (χ0) is 19.1. The number of carbonyl (C=O) groups excluding carboxylic acids is 1. The van der Waals surface area contributed by atoms with E-state index in [1.54, 1.807) is 18.0 Å². The van der Waals surface area contributed by atoms with Crippen molar-refractivity contribution in [1.29, 1.82) is 0 Å². The summed E-state index contributed by atoms with van der Waals surface area (Å²) in [6.45, 7) is 3.37. The number of amides is 1. The largest absolute Gasteiger partial charge is 0.385 e. The molecule has 0 fully saturated rings. The molecule has 0 atom stereocenters. The highest BCUT2D eigenvalue weighted by Crippen LogP contribution is 2.23. The second kappa shape index (κ2) is 9.14. The lowest BCUT2D eigenvalue weighted by Gasteiger charge is -2.05. The summed E-state index contributed by atoms with van der Waals surface area (Å²) >= 11 is 0. The van der Waals surface area contributed by atoms with Gasteiger partial charge in [0.1, 0.15) is 5.69 Å². The number of aryl methyl sites for hydroxylation is 1. The van der Waals surface area contributed by atoms with Crippen LogP contribution in [0.5, 0.6) is 0 Å². The fourth-order valence-corrected chi connectivity index (χ4v) is 2.85. The Labute approximate surface area is 160 Å². The van der Waals surface area contributed by atoms with Crippen molar-refractivity contribution in [2.24, 2.45) is 0 Å². The molecule has 3 rings (SSSR count). The van der Waals surface area contributed by atoms with Crippen LogP contribution < -0.4 is 5.32 Å². The third kappa shape index (κ3) is 4.83. The summed E-state index contributed by atoms with van der Waals surface area (Å²) in [5.74, 6) is -0.107. The molecular weight excluding hydrogens is 338 g/mol. The fourth-order valence-electron chi connectivity index (χ4n) is 2.85. The molecule has 1 heterocycles. The van der Waals surface area contributed by atoms with Crippen molar-refractivity contribution in [3.8, 4) is 16.9 Å². The Balaban J connectivity index is 1.86. The molecule has 0 aliphatic carbocycles. The van der Waals surface area contributed by atoms with Gasteiger partial charge in [-0.15, -0.1) is 0 Å². The normalized spacial score (nSPS) is 10.7. The van der Waals surface area contributed by atoms with Gasteiger partial charge in [-0.1, -0.05) is 48.0 Å². The molecule has 1 aromatic heterocycles. The zero-order valence-electron chi connectivity index (χ0n) is 15.8. The van der Waals surface area contributed by atoms with Gasteiger partial charge in [0.05, 0.1) is 11.3 Å². The lowest BCUT2D eigenvalue weighted by molar-refractivity contribution is 0.0952. The SMILES string of the molecule is COCCCCNC(=O)c1cn(-c2ccc(C)cc2)nc1-c1ccccc1. The number of benzene rings is 2. The molecule has 0 bridgehead atoms. The summed E-state index contributed by atoms with van der Waals surface area (Å²) in [5.41, 5.74) is 4.30. The Kier molecular flexibility index (Phi) is 6.39. The highest BCUT2D eigenvalue weighted by molar-refractivity contribution is 5.99. The van der Waals surface area contributed by atoms with Crippen LogP contribution in [0.1, 0.15) is 28.8 Å². The molecule has 5 heteroatoms. The van der Waals surface area contributed by atoms with Gasteiger partial charge in [0.25, 0.3) is 5.91 Å². The molecular formula is C22H25N3O2. The Morgan fingerprint density at radius 1 is 1.07 bits per heavy atom. The molecule has 0 radical (unpaired) electrons. The van der Waals surface area contributed by atoms with Crippen molar-refractivity contribution in [2.45, 2.75) is 19.8 Å². The van der Waals surface area contributed by atoms with Gasteiger partial charge in [-0.2, -0.15) is 5.10 Å². The average molecular weight is 363 g/mol. The van der Waals surface area contributed by atoms with E-state index >= 15 is 0 Å². The molecule has 2 aromatic carbocycles. The van der Waals surface area contributed by atoms with Crippen LogP contribution in [0.25, 0.3) is 16.9 Å². The summed E-state index contributed by atoms with van der Waals surface area (Å²) < 4.78 is 6.81. The third-order valence-electron chi connectivity index (χ3n) is 4.37. The van der Waals surface area contributed by atoms with Crippen LogP contribution >= 0.6 is 0 Å². The number of methoxy groups -OCH3 is 1. The van der Waals surface area contributed by atoms with Crippen LogP contribution in [0.4, 0.5) is 0 Å². The fraction of sp³-hybridized carbons (Fsp3) is 0.273. The van der Waals surface area contributed by atoms with Crippen LogP contribution in [0.3, 0.4) is 0 Å². The van der Waals surface area contributed by atoms with Crippen molar-refractivity contribution in [3.05, 3.63) is 71.9 Å². The monoisotopic (exact) mass is 363 g/mol. The Morgan fingerprint density at radius 2 is 1.81 bits per heavy atom. The summed E-state index contributed by atoms with van der Waals surface area (Å²) in [6.07, 6.45) is 3.61. The minimum absolute atomic E-state index is 0.107. The van der Waals surface area contributed by atoms with Crippen molar-refractivity contribution < 1.29 is 9.53 Å². The van der Waals surface area contributed by atoms with E-state index in [0.717, 1.165) is 24.1 Å². The minimum Gasteiger partial charge on any atom is -0.385 e. The maximum Gasteiger partial charge on any atom is 0.255 e. The Bertz CT molecular complexity index is 870. The van der Waals surface area contributed by atoms with Gasteiger partial charge >= 0.3 is 0 Å². The van der Waals surface area contributed by atoms with Gasteiger partial charge in [-0.05, 0) is 31.9 Å². The number of unbranched alkanes of at least 4 members (excludes halogenated alkanes) is 1. The second-order valence-corrected chi connectivity index (χ2v) is 6.49. The van der Waals surface area contributed by atoms with E-state index < -0.39 is 0 Å². The number of nitrogens with zero attached hydrogens (tertiary/aromatic N) is 2. The predicted octanol–water partition coefficient (Wildman–Crippen LogP) is 4.00. The first-order chi connectivity index (χ1) is 13.2. The molecule has 1 N–H and O–H groups in total. The predicted molar refractivity (Wildman–Crippen MR) is 107 cm³/mol. The molecule has 27 heavy (non-hydrogen) atoms. The highest BCUT2D eigenvalue weighted by atomic mass is 16.5. The van der Waals surface area contributed by atoms with Gasteiger partial charge < -0.3 is 10.1 Å². The molecule has 140 valence electrons. The maximum atomic E-state index is 12.8. The number of rotatable bonds is 8. The molecule has 0 spiro atoms. The van der Waals surface area contributed by atoms with Crippen LogP contribution in [0.15, 0.2) is 60.8 Å². The smallest absolute Gasteiger partial charge is 0.255 e. The molecule has 5 nitrogen and oxygen atoms in total. The van der Waals surface area contributed by atoms with Crippen molar-refractivity contribution in [1.82, 2.24) is 15.1 Å². The van der Waals surface area contributed by atoms with Gasteiger partial charge in [0, 0.05) is 32.0 Å². The van der Waals surface area contributed by atoms with Gasteiger partial charge in [0.15, 0.2) is 0 Å². The number of hydrogen-bond acceptors (Lipinski definition) is 3.